The number of nitrogens with zero attached hydrogens (tertiary/aromatic N) is 2. The lowest BCUT2D eigenvalue weighted by atomic mass is 9.68. The van der Waals surface area contributed by atoms with Gasteiger partial charge in [0, 0.05) is 42.8 Å². The Morgan fingerprint density at radius 3 is 2.50 bits per heavy atom. The van der Waals surface area contributed by atoms with Crippen LogP contribution in [0.4, 0.5) is 0 Å². The Bertz CT molecular complexity index is 1670. The summed E-state index contributed by atoms with van der Waals surface area (Å²) in [6.07, 6.45) is 2.93. The molecular weight excluding hydrogens is 578 g/mol. The second-order valence-corrected chi connectivity index (χ2v) is 14.1. The largest absolute Gasteiger partial charge is 0.496 e. The second-order valence-electron chi connectivity index (χ2n) is 13.0. The lowest BCUT2D eigenvalue weighted by molar-refractivity contribution is -0.129. The molecule has 0 saturated carbocycles. The third-order valence-electron chi connectivity index (χ3n) is 9.42. The lowest BCUT2D eigenvalue weighted by Crippen LogP contribution is -2.50. The number of benzene rings is 1. The second kappa shape index (κ2) is 11.3. The van der Waals surface area contributed by atoms with E-state index in [9.17, 15) is 18.6 Å². The summed E-state index contributed by atoms with van der Waals surface area (Å²) < 4.78 is 26.7. The maximum atomic E-state index is 14.3. The molecule has 2 amide bonds. The van der Waals surface area contributed by atoms with Crippen LogP contribution in [-0.2, 0) is 25.3 Å². The van der Waals surface area contributed by atoms with Gasteiger partial charge in [-0.25, -0.2) is 9.19 Å². The fourth-order valence-corrected chi connectivity index (χ4v) is 7.72. The van der Waals surface area contributed by atoms with E-state index in [1.165, 1.54) is 6.26 Å². The first-order chi connectivity index (χ1) is 20.7. The standard InChI is InChI=1S/C34H41N3O6S/c1-10-34(18(2)3)30-29(32(40)37(34)7)28(27-23(38)16-33(5,6)17-25(27)43-30)26-19(4)20(14-15-24(26)42-8)21-12-11-13-22(35-21)31(39)36-44(9)41/h11-15,18,28H,10,16-17H2,1-9H3,(H,36,39)/t28-,34-,44?/m0/s1. The number of hydrogen-bond donors (Lipinski definition) is 1. The number of pyridine rings is 1. The zero-order valence-corrected chi connectivity index (χ0v) is 27.7. The number of hydrogen-bond acceptors (Lipinski definition) is 7. The Morgan fingerprint density at radius 2 is 1.89 bits per heavy atom. The summed E-state index contributed by atoms with van der Waals surface area (Å²) in [6, 6.07) is 8.75. The summed E-state index contributed by atoms with van der Waals surface area (Å²) in [6.45, 7) is 12.3. The molecule has 0 spiro atoms. The van der Waals surface area contributed by atoms with Gasteiger partial charge in [-0.1, -0.05) is 40.7 Å². The van der Waals surface area contributed by atoms with E-state index < -0.39 is 28.3 Å². The molecule has 2 aromatic rings. The predicted molar refractivity (Wildman–Crippen MR) is 169 cm³/mol. The van der Waals surface area contributed by atoms with Gasteiger partial charge < -0.3 is 14.4 Å². The number of ether oxygens (including phenoxy) is 2. The normalized spacial score (nSPS) is 23.4. The molecule has 44 heavy (non-hydrogen) atoms. The van der Waals surface area contributed by atoms with Crippen molar-refractivity contribution in [2.24, 2.45) is 11.3 Å². The Kier molecular flexibility index (Phi) is 8.12. The highest BCUT2D eigenvalue weighted by molar-refractivity contribution is 7.82. The molecule has 234 valence electrons. The minimum absolute atomic E-state index is 0.0435. The van der Waals surface area contributed by atoms with E-state index in [1.807, 2.05) is 26.1 Å². The Labute approximate surface area is 261 Å². The highest BCUT2D eigenvalue weighted by atomic mass is 32.2. The molecule has 0 bridgehead atoms. The molecule has 0 fully saturated rings. The number of carbonyl (C=O) groups is 3. The molecule has 0 radical (unpaired) electrons. The number of amides is 2. The quantitative estimate of drug-likeness (QED) is 0.443. The summed E-state index contributed by atoms with van der Waals surface area (Å²) in [5.41, 5.74) is 2.84. The zero-order chi connectivity index (χ0) is 32.3. The molecule has 1 unspecified atom stereocenters. The topological polar surface area (TPSA) is 115 Å². The molecule has 3 heterocycles. The van der Waals surface area contributed by atoms with Crippen molar-refractivity contribution in [3.63, 3.8) is 0 Å². The molecule has 1 aromatic carbocycles. The minimum Gasteiger partial charge on any atom is -0.496 e. The molecule has 2 aliphatic heterocycles. The highest BCUT2D eigenvalue weighted by Gasteiger charge is 2.58. The zero-order valence-electron chi connectivity index (χ0n) is 26.9. The summed E-state index contributed by atoms with van der Waals surface area (Å²) in [4.78, 5) is 47.4. The van der Waals surface area contributed by atoms with Gasteiger partial charge in [0.25, 0.3) is 11.8 Å². The summed E-state index contributed by atoms with van der Waals surface area (Å²) in [7, 11) is 1.86. The van der Waals surface area contributed by atoms with Crippen molar-refractivity contribution in [3.8, 4) is 17.0 Å². The van der Waals surface area contributed by atoms with Gasteiger partial charge >= 0.3 is 0 Å². The van der Waals surface area contributed by atoms with Crippen LogP contribution in [0.15, 0.2) is 53.0 Å². The smallest absolute Gasteiger partial charge is 0.281 e. The SMILES string of the molecule is CC[C@]1(C(C)C)C2=C(C(=O)N1C)[C@@H](c1c(OC)ccc(-c3cccc(C(=O)NS(C)=O)n3)c1C)C1=C(CC(C)(C)CC1=O)O2. The fourth-order valence-electron chi connectivity index (χ4n) is 7.36. The van der Waals surface area contributed by atoms with Crippen LogP contribution in [0.5, 0.6) is 5.75 Å². The highest BCUT2D eigenvalue weighted by Crippen LogP contribution is 2.58. The third-order valence-corrected chi connectivity index (χ3v) is 9.90. The van der Waals surface area contributed by atoms with E-state index in [1.54, 1.807) is 30.2 Å². The van der Waals surface area contributed by atoms with Crippen LogP contribution >= 0.6 is 0 Å². The van der Waals surface area contributed by atoms with Crippen molar-refractivity contribution in [1.82, 2.24) is 14.6 Å². The molecule has 10 heteroatoms. The first-order valence-electron chi connectivity index (χ1n) is 14.9. The van der Waals surface area contributed by atoms with Crippen LogP contribution in [0.25, 0.3) is 11.3 Å². The number of ketones is 1. The number of allylic oxidation sites excluding steroid dienone is 2. The van der Waals surface area contributed by atoms with E-state index in [2.05, 4.69) is 44.3 Å². The van der Waals surface area contributed by atoms with Gasteiger partial charge in [-0.3, -0.25) is 19.1 Å². The van der Waals surface area contributed by atoms with Gasteiger partial charge in [-0.15, -0.1) is 0 Å². The maximum absolute atomic E-state index is 14.3. The van der Waals surface area contributed by atoms with E-state index in [4.69, 9.17) is 9.47 Å². The Balaban J connectivity index is 1.80. The molecule has 3 aliphatic rings. The first kappa shape index (κ1) is 31.6. The van der Waals surface area contributed by atoms with E-state index in [0.29, 0.717) is 58.9 Å². The van der Waals surface area contributed by atoms with Gasteiger partial charge in [0.1, 0.15) is 39.5 Å². The van der Waals surface area contributed by atoms with Crippen molar-refractivity contribution < 1.29 is 28.1 Å². The van der Waals surface area contributed by atoms with Crippen molar-refractivity contribution >= 4 is 28.6 Å². The number of nitrogens with one attached hydrogen (secondary N) is 1. The average Bonchev–Trinajstić information content (AvgIpc) is 3.17. The number of rotatable bonds is 7. The number of methoxy groups -OCH3 is 1. The van der Waals surface area contributed by atoms with Crippen molar-refractivity contribution in [3.05, 3.63) is 69.8 Å². The van der Waals surface area contributed by atoms with Gasteiger partial charge in [-0.2, -0.15) is 0 Å². The molecule has 0 saturated heterocycles. The van der Waals surface area contributed by atoms with Crippen molar-refractivity contribution in [1.29, 1.82) is 0 Å². The van der Waals surface area contributed by atoms with Gasteiger partial charge in [0.05, 0.1) is 24.3 Å². The van der Waals surface area contributed by atoms with Gasteiger partial charge in [0.2, 0.25) is 0 Å². The molecule has 1 aliphatic carbocycles. The van der Waals surface area contributed by atoms with Crippen LogP contribution in [0.1, 0.15) is 81.4 Å². The van der Waals surface area contributed by atoms with Crippen LogP contribution in [0.2, 0.25) is 0 Å². The van der Waals surface area contributed by atoms with Crippen LogP contribution in [0.3, 0.4) is 0 Å². The fraction of sp³-hybridized carbons (Fsp3) is 0.471. The van der Waals surface area contributed by atoms with Gasteiger partial charge in [0.15, 0.2) is 5.78 Å². The van der Waals surface area contributed by atoms with Gasteiger partial charge in [-0.05, 0) is 54.5 Å². The molecule has 5 rings (SSSR count). The maximum Gasteiger partial charge on any atom is 0.281 e. The van der Waals surface area contributed by atoms with Crippen LogP contribution in [0, 0.1) is 18.3 Å². The van der Waals surface area contributed by atoms with Crippen LogP contribution in [-0.4, -0.2) is 57.6 Å². The number of Topliss-reactive ketones (excluding diaryl/α,β-unsaturated/α-hetero) is 1. The van der Waals surface area contributed by atoms with E-state index in [0.717, 1.165) is 11.1 Å². The number of aromatic nitrogens is 1. The lowest BCUT2D eigenvalue weighted by Gasteiger charge is -2.43. The average molecular weight is 620 g/mol. The predicted octanol–water partition coefficient (Wildman–Crippen LogP) is 5.38. The summed E-state index contributed by atoms with van der Waals surface area (Å²) in [5, 5.41) is 0. The third kappa shape index (κ3) is 4.87. The molecule has 1 aromatic heterocycles. The van der Waals surface area contributed by atoms with Crippen molar-refractivity contribution in [2.45, 2.75) is 72.3 Å². The number of carbonyl (C=O) groups excluding carboxylic acids is 3. The molecule has 9 nitrogen and oxygen atoms in total. The molecule has 3 atom stereocenters. The number of likely N-dealkylation sites (N-methyl/N-ethyl adjacent to an activating group) is 1. The van der Waals surface area contributed by atoms with Crippen LogP contribution < -0.4 is 9.46 Å². The minimum atomic E-state index is -1.54. The monoisotopic (exact) mass is 619 g/mol. The van der Waals surface area contributed by atoms with E-state index in [-0.39, 0.29) is 28.7 Å². The Morgan fingerprint density at radius 1 is 1.18 bits per heavy atom. The molecule has 1 N–H and O–H groups in total. The summed E-state index contributed by atoms with van der Waals surface area (Å²) in [5.74, 6) is 0.364. The van der Waals surface area contributed by atoms with Crippen molar-refractivity contribution in [2.75, 3.05) is 20.4 Å². The Hall–Kier alpha value is -3.79. The van der Waals surface area contributed by atoms with E-state index >= 15 is 0 Å². The summed E-state index contributed by atoms with van der Waals surface area (Å²) >= 11 is 0. The molecular formula is C34H41N3O6S. The first-order valence-corrected chi connectivity index (χ1v) is 16.5.